The molecule has 0 radical (unpaired) electrons. The lowest BCUT2D eigenvalue weighted by Gasteiger charge is -2.40. The number of benzene rings is 1. The Labute approximate surface area is 118 Å². The Morgan fingerprint density at radius 3 is 2.74 bits per heavy atom. The van der Waals surface area contributed by atoms with E-state index in [-0.39, 0.29) is 5.97 Å². The molecule has 1 aromatic rings. The van der Waals surface area contributed by atoms with Gasteiger partial charge in [0.05, 0.1) is 24.0 Å². The Bertz CT molecular complexity index is 467. The molecule has 0 aromatic heterocycles. The second-order valence-corrected chi connectivity index (χ2v) is 6.16. The number of nitrogens with one attached hydrogen (secondary N) is 1. The van der Waals surface area contributed by atoms with Crippen molar-refractivity contribution in [1.29, 1.82) is 0 Å². The monoisotopic (exact) mass is 280 g/mol. The van der Waals surface area contributed by atoms with Crippen LogP contribution in [-0.2, 0) is 4.74 Å². The van der Waals surface area contributed by atoms with E-state index in [1.807, 2.05) is 17.8 Å². The van der Waals surface area contributed by atoms with Crippen LogP contribution in [-0.4, -0.2) is 30.6 Å². The van der Waals surface area contributed by atoms with Gasteiger partial charge >= 0.3 is 5.97 Å². The second-order valence-electron chi connectivity index (χ2n) is 4.89. The molecule has 0 unspecified atom stereocenters. The van der Waals surface area contributed by atoms with Crippen molar-refractivity contribution in [3.63, 3.8) is 0 Å². The largest absolute Gasteiger partial charge is 0.465 e. The van der Waals surface area contributed by atoms with Crippen molar-refractivity contribution in [2.75, 3.05) is 31.0 Å². The van der Waals surface area contributed by atoms with Crippen LogP contribution in [0.1, 0.15) is 29.6 Å². The van der Waals surface area contributed by atoms with Crippen LogP contribution in [0.2, 0.25) is 0 Å². The molecule has 0 saturated heterocycles. The predicted octanol–water partition coefficient (Wildman–Crippen LogP) is 2.75. The highest BCUT2D eigenvalue weighted by molar-refractivity contribution is 8.00. The summed E-state index contributed by atoms with van der Waals surface area (Å²) >= 11 is 1.92. The van der Waals surface area contributed by atoms with E-state index in [4.69, 9.17) is 5.73 Å². The Balaban J connectivity index is 2.03. The zero-order chi connectivity index (χ0) is 13.9. The average molecular weight is 280 g/mol. The van der Waals surface area contributed by atoms with E-state index in [9.17, 15) is 4.79 Å². The molecule has 1 aliphatic carbocycles. The molecule has 0 spiro atoms. The van der Waals surface area contributed by atoms with Gasteiger partial charge in [-0.3, -0.25) is 0 Å². The summed E-state index contributed by atoms with van der Waals surface area (Å²) in [5.41, 5.74) is 7.91. The highest BCUT2D eigenvalue weighted by atomic mass is 32.2. The molecule has 1 aromatic carbocycles. The number of carbonyl (C=O) groups excluding carboxylic acids is 1. The van der Waals surface area contributed by atoms with Gasteiger partial charge in [-0.25, -0.2) is 4.79 Å². The number of nitrogen functional groups attached to an aromatic ring is 1. The summed E-state index contributed by atoms with van der Waals surface area (Å²) in [6.45, 7) is 0.913. The number of anilines is 2. The molecular formula is C14H20N2O2S. The molecule has 2 rings (SSSR count). The third-order valence-corrected chi connectivity index (χ3v) is 5.19. The van der Waals surface area contributed by atoms with Gasteiger partial charge in [0.1, 0.15) is 0 Å². The van der Waals surface area contributed by atoms with Gasteiger partial charge in [0.15, 0.2) is 0 Å². The van der Waals surface area contributed by atoms with Crippen molar-refractivity contribution in [1.82, 2.24) is 0 Å². The first-order valence-corrected chi connectivity index (χ1v) is 7.59. The van der Waals surface area contributed by atoms with Gasteiger partial charge < -0.3 is 15.8 Å². The van der Waals surface area contributed by atoms with E-state index in [0.717, 1.165) is 12.2 Å². The first kappa shape index (κ1) is 14.1. The van der Waals surface area contributed by atoms with Crippen LogP contribution in [0.25, 0.3) is 0 Å². The van der Waals surface area contributed by atoms with Crippen LogP contribution in [0.4, 0.5) is 11.4 Å². The number of hydrogen-bond donors (Lipinski definition) is 2. The van der Waals surface area contributed by atoms with E-state index >= 15 is 0 Å². The number of carbonyl (C=O) groups is 1. The number of rotatable bonds is 5. The molecule has 0 heterocycles. The van der Waals surface area contributed by atoms with Gasteiger partial charge in [-0.1, -0.05) is 6.42 Å². The van der Waals surface area contributed by atoms with Crippen LogP contribution < -0.4 is 11.1 Å². The van der Waals surface area contributed by atoms with Crippen molar-refractivity contribution in [2.45, 2.75) is 24.0 Å². The van der Waals surface area contributed by atoms with Gasteiger partial charge in [0.2, 0.25) is 0 Å². The van der Waals surface area contributed by atoms with Crippen LogP contribution in [0.5, 0.6) is 0 Å². The fourth-order valence-corrected chi connectivity index (χ4v) is 3.16. The summed E-state index contributed by atoms with van der Waals surface area (Å²) in [6.07, 6.45) is 5.96. The highest BCUT2D eigenvalue weighted by Crippen LogP contribution is 2.43. The average Bonchev–Trinajstić information content (AvgIpc) is 2.38. The maximum Gasteiger partial charge on any atom is 0.337 e. The lowest BCUT2D eigenvalue weighted by Crippen LogP contribution is -2.40. The molecule has 4 nitrogen and oxygen atoms in total. The van der Waals surface area contributed by atoms with Crippen LogP contribution in [0.3, 0.4) is 0 Å². The summed E-state index contributed by atoms with van der Waals surface area (Å²) in [5.74, 6) is -0.363. The standard InChI is InChI=1S/C14H20N2O2S/c1-18-13(17)10-4-5-12(11(15)8-10)16-9-14(19-2)6-3-7-14/h4-5,8,16H,3,6-7,9,15H2,1-2H3. The third-order valence-electron chi connectivity index (χ3n) is 3.77. The van der Waals surface area contributed by atoms with Crippen LogP contribution >= 0.6 is 11.8 Å². The molecule has 104 valence electrons. The van der Waals surface area contributed by atoms with Crippen molar-refractivity contribution in [3.05, 3.63) is 23.8 Å². The summed E-state index contributed by atoms with van der Waals surface area (Å²) in [4.78, 5) is 11.4. The first-order chi connectivity index (χ1) is 9.10. The minimum absolute atomic E-state index is 0.355. The number of ether oxygens (including phenoxy) is 1. The Morgan fingerprint density at radius 2 is 2.26 bits per heavy atom. The number of thioether (sulfide) groups is 1. The summed E-state index contributed by atoms with van der Waals surface area (Å²) in [7, 11) is 1.36. The zero-order valence-corrected chi connectivity index (χ0v) is 12.2. The lowest BCUT2D eigenvalue weighted by molar-refractivity contribution is 0.0601. The Kier molecular flexibility index (Phi) is 4.24. The fourth-order valence-electron chi connectivity index (χ4n) is 2.25. The molecular weight excluding hydrogens is 260 g/mol. The van der Waals surface area contributed by atoms with Crippen molar-refractivity contribution >= 4 is 29.1 Å². The number of hydrogen-bond acceptors (Lipinski definition) is 5. The van der Waals surface area contributed by atoms with Gasteiger partial charge in [-0.2, -0.15) is 11.8 Å². The van der Waals surface area contributed by atoms with Crippen molar-refractivity contribution < 1.29 is 9.53 Å². The van der Waals surface area contributed by atoms with E-state index in [1.165, 1.54) is 26.4 Å². The quantitative estimate of drug-likeness (QED) is 0.641. The van der Waals surface area contributed by atoms with E-state index in [1.54, 1.807) is 12.1 Å². The number of methoxy groups -OCH3 is 1. The second kappa shape index (κ2) is 5.74. The molecule has 5 heteroatoms. The van der Waals surface area contributed by atoms with Gasteiger partial charge in [-0.15, -0.1) is 0 Å². The van der Waals surface area contributed by atoms with Crippen LogP contribution in [0.15, 0.2) is 18.2 Å². The predicted molar refractivity (Wildman–Crippen MR) is 80.8 cm³/mol. The smallest absolute Gasteiger partial charge is 0.337 e. The van der Waals surface area contributed by atoms with Crippen LogP contribution in [0, 0.1) is 0 Å². The van der Waals surface area contributed by atoms with E-state index < -0.39 is 0 Å². The van der Waals surface area contributed by atoms with Gasteiger partial charge in [0, 0.05) is 11.3 Å². The number of esters is 1. The summed E-state index contributed by atoms with van der Waals surface area (Å²) in [5, 5.41) is 3.39. The topological polar surface area (TPSA) is 64.3 Å². The third kappa shape index (κ3) is 2.97. The lowest BCUT2D eigenvalue weighted by atomic mass is 9.84. The molecule has 1 fully saturated rings. The summed E-state index contributed by atoms with van der Waals surface area (Å²) in [6, 6.07) is 5.23. The maximum absolute atomic E-state index is 11.4. The molecule has 1 saturated carbocycles. The SMILES string of the molecule is COC(=O)c1ccc(NCC2(SC)CCC2)c(N)c1. The van der Waals surface area contributed by atoms with Gasteiger partial charge in [-0.05, 0) is 37.3 Å². The summed E-state index contributed by atoms with van der Waals surface area (Å²) < 4.78 is 5.03. The van der Waals surface area contributed by atoms with E-state index in [2.05, 4.69) is 16.3 Å². The molecule has 0 aliphatic heterocycles. The number of nitrogens with two attached hydrogens (primary N) is 1. The van der Waals surface area contributed by atoms with E-state index in [0.29, 0.717) is 16.0 Å². The van der Waals surface area contributed by atoms with Gasteiger partial charge in [0.25, 0.3) is 0 Å². The normalized spacial score (nSPS) is 16.5. The minimum Gasteiger partial charge on any atom is -0.465 e. The minimum atomic E-state index is -0.363. The Morgan fingerprint density at radius 1 is 1.53 bits per heavy atom. The molecule has 19 heavy (non-hydrogen) atoms. The maximum atomic E-state index is 11.4. The van der Waals surface area contributed by atoms with Crippen molar-refractivity contribution in [2.24, 2.45) is 0 Å². The zero-order valence-electron chi connectivity index (χ0n) is 11.4. The highest BCUT2D eigenvalue weighted by Gasteiger charge is 2.35. The van der Waals surface area contributed by atoms with Crippen molar-refractivity contribution in [3.8, 4) is 0 Å². The Hall–Kier alpha value is -1.36. The first-order valence-electron chi connectivity index (χ1n) is 6.37. The molecule has 0 bridgehead atoms. The molecule has 3 N–H and O–H groups in total. The fraction of sp³-hybridized carbons (Fsp3) is 0.500. The molecule has 0 amide bonds. The molecule has 0 atom stereocenters. The molecule has 1 aliphatic rings.